The first kappa shape index (κ1) is 15.5. The van der Waals surface area contributed by atoms with Gasteiger partial charge in [0.2, 0.25) is 0 Å². The minimum Gasteiger partial charge on any atom is -0.462 e. The summed E-state index contributed by atoms with van der Waals surface area (Å²) in [5.41, 5.74) is 4.58. The van der Waals surface area contributed by atoms with Crippen molar-refractivity contribution < 1.29 is 9.21 Å². The molecule has 0 aliphatic heterocycles. The summed E-state index contributed by atoms with van der Waals surface area (Å²) in [6, 6.07) is 7.77. The molecule has 0 saturated carbocycles. The number of furan rings is 1. The highest BCUT2D eigenvalue weighted by Gasteiger charge is 2.19. The van der Waals surface area contributed by atoms with Gasteiger partial charge in [0.15, 0.2) is 10.8 Å². The maximum Gasteiger partial charge on any atom is 0.275 e. The van der Waals surface area contributed by atoms with Crippen molar-refractivity contribution in [1.82, 2.24) is 4.98 Å². The van der Waals surface area contributed by atoms with Gasteiger partial charge in [0, 0.05) is 10.6 Å². The zero-order chi connectivity index (χ0) is 16.6. The van der Waals surface area contributed by atoms with E-state index >= 15 is 0 Å². The Hall–Kier alpha value is -2.40. The molecule has 1 aromatic carbocycles. The summed E-state index contributed by atoms with van der Waals surface area (Å²) in [6.45, 7) is 7.94. The van der Waals surface area contributed by atoms with E-state index in [2.05, 4.69) is 22.4 Å². The van der Waals surface area contributed by atoms with Gasteiger partial charge in [-0.15, -0.1) is 11.3 Å². The van der Waals surface area contributed by atoms with Crippen molar-refractivity contribution in [3.63, 3.8) is 0 Å². The lowest BCUT2D eigenvalue weighted by Crippen LogP contribution is -2.15. The highest BCUT2D eigenvalue weighted by molar-refractivity contribution is 7.15. The van der Waals surface area contributed by atoms with Gasteiger partial charge >= 0.3 is 0 Å². The third kappa shape index (κ3) is 3.05. The number of carbonyl (C=O) groups excluding carboxylic acids is 1. The molecule has 0 aliphatic carbocycles. The van der Waals surface area contributed by atoms with Crippen LogP contribution >= 0.6 is 11.3 Å². The Morgan fingerprint density at radius 2 is 1.87 bits per heavy atom. The lowest BCUT2D eigenvalue weighted by Gasteiger charge is -2.12. The van der Waals surface area contributed by atoms with Gasteiger partial charge in [-0.1, -0.05) is 17.7 Å². The summed E-state index contributed by atoms with van der Waals surface area (Å²) in [6.07, 6.45) is 1.60. The highest BCUT2D eigenvalue weighted by atomic mass is 32.1. The molecule has 2 heterocycles. The van der Waals surface area contributed by atoms with Crippen LogP contribution in [0.5, 0.6) is 0 Å². The number of aryl methyl sites for hydroxylation is 4. The maximum atomic E-state index is 12.6. The number of amides is 1. The van der Waals surface area contributed by atoms with Gasteiger partial charge in [-0.2, -0.15) is 0 Å². The van der Waals surface area contributed by atoms with Crippen LogP contribution in [0.3, 0.4) is 0 Å². The van der Waals surface area contributed by atoms with E-state index in [1.165, 1.54) is 16.9 Å². The number of thiazole rings is 1. The maximum absolute atomic E-state index is 12.6. The van der Waals surface area contributed by atoms with Gasteiger partial charge in [-0.25, -0.2) is 4.98 Å². The van der Waals surface area contributed by atoms with Crippen molar-refractivity contribution in [2.24, 2.45) is 0 Å². The first-order chi connectivity index (χ1) is 11.0. The number of carbonyl (C=O) groups is 1. The molecular weight excluding hydrogens is 308 g/mol. The Morgan fingerprint density at radius 1 is 1.17 bits per heavy atom. The smallest absolute Gasteiger partial charge is 0.275 e. The number of benzene rings is 1. The molecule has 0 atom stereocenters. The Labute approximate surface area is 139 Å². The van der Waals surface area contributed by atoms with Gasteiger partial charge in [0.25, 0.3) is 5.91 Å². The molecule has 0 radical (unpaired) electrons. The van der Waals surface area contributed by atoms with E-state index in [1.54, 1.807) is 6.26 Å². The second kappa shape index (κ2) is 6.01. The molecule has 0 saturated heterocycles. The normalized spacial score (nSPS) is 10.8. The molecule has 0 bridgehead atoms. The first-order valence-electron chi connectivity index (χ1n) is 7.36. The van der Waals surface area contributed by atoms with E-state index < -0.39 is 0 Å². The van der Waals surface area contributed by atoms with Gasteiger partial charge < -0.3 is 9.73 Å². The quantitative estimate of drug-likeness (QED) is 0.745. The summed E-state index contributed by atoms with van der Waals surface area (Å²) in [5.74, 6) is 0.492. The molecule has 0 fully saturated rings. The van der Waals surface area contributed by atoms with Crippen LogP contribution in [0.25, 0.3) is 10.8 Å². The topological polar surface area (TPSA) is 55.1 Å². The van der Waals surface area contributed by atoms with Crippen molar-refractivity contribution in [3.8, 4) is 10.8 Å². The summed E-state index contributed by atoms with van der Waals surface area (Å²) in [7, 11) is 0. The predicted octanol–water partition coefficient (Wildman–Crippen LogP) is 4.89. The Morgan fingerprint density at radius 3 is 2.48 bits per heavy atom. The number of nitrogens with one attached hydrogen (secondary N) is 1. The van der Waals surface area contributed by atoms with E-state index in [0.29, 0.717) is 11.5 Å². The molecule has 3 rings (SSSR count). The van der Waals surface area contributed by atoms with Crippen molar-refractivity contribution in [2.75, 3.05) is 5.32 Å². The minimum absolute atomic E-state index is 0.188. The van der Waals surface area contributed by atoms with E-state index in [4.69, 9.17) is 4.42 Å². The van der Waals surface area contributed by atoms with E-state index in [9.17, 15) is 4.79 Å². The average Bonchev–Trinajstić information content (AvgIpc) is 3.11. The van der Waals surface area contributed by atoms with Crippen LogP contribution in [0.2, 0.25) is 0 Å². The van der Waals surface area contributed by atoms with Crippen LogP contribution in [0, 0.1) is 27.7 Å². The van der Waals surface area contributed by atoms with E-state index in [-0.39, 0.29) is 5.91 Å². The number of rotatable bonds is 3. The summed E-state index contributed by atoms with van der Waals surface area (Å²) >= 11 is 1.46. The molecule has 1 amide bonds. The molecule has 5 heteroatoms. The number of nitrogens with zero attached hydrogens (tertiary/aromatic N) is 1. The second-order valence-electron chi connectivity index (χ2n) is 5.63. The van der Waals surface area contributed by atoms with Crippen LogP contribution in [0.4, 0.5) is 5.69 Å². The van der Waals surface area contributed by atoms with Crippen LogP contribution in [-0.2, 0) is 0 Å². The number of anilines is 1. The number of aromatic nitrogens is 1. The predicted molar refractivity (Wildman–Crippen MR) is 93.2 cm³/mol. The summed E-state index contributed by atoms with van der Waals surface area (Å²) < 4.78 is 5.35. The molecule has 118 valence electrons. The van der Waals surface area contributed by atoms with Gasteiger partial charge in [-0.3, -0.25) is 4.79 Å². The highest BCUT2D eigenvalue weighted by Crippen LogP contribution is 2.29. The molecule has 23 heavy (non-hydrogen) atoms. The van der Waals surface area contributed by atoms with Crippen molar-refractivity contribution in [1.29, 1.82) is 0 Å². The van der Waals surface area contributed by atoms with Crippen molar-refractivity contribution >= 4 is 22.9 Å². The molecule has 1 N–H and O–H groups in total. The standard InChI is InChI=1S/C18H18N2O2S/c1-10-8-11(2)15(12(3)9-10)19-17(21)16-13(4)23-18(20-16)14-6-5-7-22-14/h5-9H,1-4H3,(H,19,21). The Bertz CT molecular complexity index is 840. The molecule has 2 aromatic heterocycles. The number of hydrogen-bond acceptors (Lipinski definition) is 4. The van der Waals surface area contributed by atoms with E-state index in [1.807, 2.05) is 39.8 Å². The fourth-order valence-electron chi connectivity index (χ4n) is 2.66. The lowest BCUT2D eigenvalue weighted by molar-refractivity contribution is 0.102. The first-order valence-corrected chi connectivity index (χ1v) is 8.18. The largest absolute Gasteiger partial charge is 0.462 e. The van der Waals surface area contributed by atoms with Crippen LogP contribution in [0.15, 0.2) is 34.9 Å². The molecule has 0 spiro atoms. The third-order valence-corrected chi connectivity index (χ3v) is 4.64. The zero-order valence-corrected chi connectivity index (χ0v) is 14.4. The second-order valence-corrected chi connectivity index (χ2v) is 6.83. The van der Waals surface area contributed by atoms with Gasteiger partial charge in [-0.05, 0) is 51.0 Å². The van der Waals surface area contributed by atoms with E-state index in [0.717, 1.165) is 26.7 Å². The summed E-state index contributed by atoms with van der Waals surface area (Å²) in [5, 5.41) is 3.71. The van der Waals surface area contributed by atoms with Crippen LogP contribution < -0.4 is 5.32 Å². The Balaban J connectivity index is 1.90. The molecule has 0 unspecified atom stereocenters. The zero-order valence-electron chi connectivity index (χ0n) is 13.6. The van der Waals surface area contributed by atoms with Crippen molar-refractivity contribution in [2.45, 2.75) is 27.7 Å². The Kier molecular flexibility index (Phi) is 4.05. The monoisotopic (exact) mass is 326 g/mol. The SMILES string of the molecule is Cc1cc(C)c(NC(=O)c2nc(-c3ccco3)sc2C)c(C)c1. The minimum atomic E-state index is -0.188. The van der Waals surface area contributed by atoms with Crippen molar-refractivity contribution in [3.05, 3.63) is 57.8 Å². The van der Waals surface area contributed by atoms with Gasteiger partial charge in [0.05, 0.1) is 6.26 Å². The molecule has 3 aromatic rings. The van der Waals surface area contributed by atoms with Crippen LogP contribution in [-0.4, -0.2) is 10.9 Å². The molecule has 4 nitrogen and oxygen atoms in total. The lowest BCUT2D eigenvalue weighted by atomic mass is 10.0. The molecule has 0 aliphatic rings. The number of hydrogen-bond donors (Lipinski definition) is 1. The fraction of sp³-hybridized carbons (Fsp3) is 0.222. The average molecular weight is 326 g/mol. The van der Waals surface area contributed by atoms with Gasteiger partial charge in [0.1, 0.15) is 5.69 Å². The third-order valence-electron chi connectivity index (χ3n) is 3.66. The van der Waals surface area contributed by atoms with Crippen LogP contribution in [0.1, 0.15) is 32.1 Å². The summed E-state index contributed by atoms with van der Waals surface area (Å²) in [4.78, 5) is 17.9. The fourth-order valence-corrected chi connectivity index (χ4v) is 3.54. The molecular formula is C18H18N2O2S.